The molecule has 0 amide bonds. The molecule has 0 aliphatic heterocycles. The third kappa shape index (κ3) is 3.28. The maximum absolute atomic E-state index is 13.0. The second-order valence-electron chi connectivity index (χ2n) is 5.27. The van der Waals surface area contributed by atoms with Crippen molar-refractivity contribution in [2.24, 2.45) is 0 Å². The minimum Gasteiger partial charge on any atom is -0.426 e. The van der Waals surface area contributed by atoms with Gasteiger partial charge in [0.25, 0.3) is 0 Å². The summed E-state index contributed by atoms with van der Waals surface area (Å²) in [6.45, 7) is 2.46. The van der Waals surface area contributed by atoms with Crippen LogP contribution in [0, 0.1) is 0 Å². The van der Waals surface area contributed by atoms with Crippen molar-refractivity contribution in [1.82, 2.24) is 0 Å². The summed E-state index contributed by atoms with van der Waals surface area (Å²) < 4.78 is 15.9. The number of esters is 2. The average Bonchev–Trinajstić information content (AvgIpc) is 2.55. The van der Waals surface area contributed by atoms with E-state index in [0.717, 1.165) is 0 Å². The van der Waals surface area contributed by atoms with Gasteiger partial charge in [-0.15, -0.1) is 0 Å². The highest BCUT2D eigenvalue weighted by atomic mass is 16.6. The summed E-state index contributed by atoms with van der Waals surface area (Å²) in [5, 5.41) is 0.325. The van der Waals surface area contributed by atoms with Crippen LogP contribution in [-0.2, 0) is 9.59 Å². The number of ether oxygens (including phenoxy) is 2. The van der Waals surface area contributed by atoms with Gasteiger partial charge in [-0.2, -0.15) is 0 Å². The van der Waals surface area contributed by atoms with Gasteiger partial charge >= 0.3 is 17.9 Å². The molecular weight excluding hydrogens is 324 g/mol. The van der Waals surface area contributed by atoms with Crippen molar-refractivity contribution in [3.05, 3.63) is 58.8 Å². The van der Waals surface area contributed by atoms with Gasteiger partial charge in [-0.3, -0.25) is 14.4 Å². The highest BCUT2D eigenvalue weighted by molar-refractivity contribution is 5.87. The smallest absolute Gasteiger partial charge is 0.310 e. The van der Waals surface area contributed by atoms with E-state index in [9.17, 15) is 14.4 Å². The lowest BCUT2D eigenvalue weighted by molar-refractivity contribution is -0.133. The van der Waals surface area contributed by atoms with Gasteiger partial charge in [-0.1, -0.05) is 30.3 Å². The molecule has 3 rings (SSSR count). The standard InChI is InChI=1S/C19H14O6/c1-11(20)23-15-9-5-3-7-13(15)17-18(22)14-8-4-6-10-16(14)25-19(17)24-12(2)21/h3-10H,1-2H3. The summed E-state index contributed by atoms with van der Waals surface area (Å²) in [6.07, 6.45) is 0. The van der Waals surface area contributed by atoms with Crippen LogP contribution in [0.15, 0.2) is 57.7 Å². The monoisotopic (exact) mass is 338 g/mol. The van der Waals surface area contributed by atoms with Crippen LogP contribution in [-0.4, -0.2) is 11.9 Å². The minimum absolute atomic E-state index is 0.0192. The summed E-state index contributed by atoms with van der Waals surface area (Å²) in [7, 11) is 0. The molecule has 2 aromatic carbocycles. The molecule has 0 spiro atoms. The lowest BCUT2D eigenvalue weighted by Gasteiger charge is -2.12. The van der Waals surface area contributed by atoms with E-state index in [0.29, 0.717) is 10.9 Å². The number of fused-ring (bicyclic) bond motifs is 1. The van der Waals surface area contributed by atoms with Gasteiger partial charge in [-0.05, 0) is 18.2 Å². The van der Waals surface area contributed by atoms with E-state index in [1.54, 1.807) is 48.5 Å². The van der Waals surface area contributed by atoms with Crippen LogP contribution in [0.4, 0.5) is 0 Å². The normalized spacial score (nSPS) is 10.5. The van der Waals surface area contributed by atoms with E-state index < -0.39 is 17.4 Å². The minimum atomic E-state index is -0.635. The number of benzene rings is 2. The molecule has 0 aliphatic carbocycles. The Kier molecular flexibility index (Phi) is 4.35. The van der Waals surface area contributed by atoms with Crippen LogP contribution in [0.3, 0.4) is 0 Å². The van der Waals surface area contributed by atoms with Crippen molar-refractivity contribution in [2.45, 2.75) is 13.8 Å². The van der Waals surface area contributed by atoms with E-state index in [1.807, 2.05) is 0 Å². The predicted octanol–water partition coefficient (Wildman–Crippen LogP) is 3.31. The Morgan fingerprint density at radius 2 is 1.52 bits per heavy atom. The second kappa shape index (κ2) is 6.60. The lowest BCUT2D eigenvalue weighted by atomic mass is 10.0. The summed E-state index contributed by atoms with van der Waals surface area (Å²) >= 11 is 0. The van der Waals surface area contributed by atoms with Gasteiger partial charge in [0.15, 0.2) is 0 Å². The molecule has 0 N–H and O–H groups in total. The summed E-state index contributed by atoms with van der Waals surface area (Å²) in [5.41, 5.74) is 0.217. The zero-order valence-corrected chi connectivity index (χ0v) is 13.6. The molecule has 6 nitrogen and oxygen atoms in total. The highest BCUT2D eigenvalue weighted by Crippen LogP contribution is 2.36. The molecule has 126 valence electrons. The van der Waals surface area contributed by atoms with E-state index >= 15 is 0 Å². The molecule has 3 aromatic rings. The largest absolute Gasteiger partial charge is 0.426 e. The molecule has 0 saturated heterocycles. The van der Waals surface area contributed by atoms with Crippen molar-refractivity contribution in [3.8, 4) is 22.8 Å². The molecule has 0 atom stereocenters. The Hall–Kier alpha value is -3.41. The molecule has 25 heavy (non-hydrogen) atoms. The number of hydrogen-bond acceptors (Lipinski definition) is 6. The Morgan fingerprint density at radius 3 is 2.24 bits per heavy atom. The molecule has 0 radical (unpaired) electrons. The SMILES string of the molecule is CC(=O)Oc1ccccc1-c1c(OC(C)=O)oc2ccccc2c1=O. The lowest BCUT2D eigenvalue weighted by Crippen LogP contribution is -2.12. The summed E-state index contributed by atoms with van der Waals surface area (Å²) in [4.78, 5) is 35.8. The van der Waals surface area contributed by atoms with Crippen LogP contribution >= 0.6 is 0 Å². The average molecular weight is 338 g/mol. The van der Waals surface area contributed by atoms with Crippen molar-refractivity contribution >= 4 is 22.9 Å². The van der Waals surface area contributed by atoms with Crippen LogP contribution in [0.25, 0.3) is 22.1 Å². The topological polar surface area (TPSA) is 82.8 Å². The van der Waals surface area contributed by atoms with Crippen molar-refractivity contribution < 1.29 is 23.5 Å². The fraction of sp³-hybridized carbons (Fsp3) is 0.105. The summed E-state index contributed by atoms with van der Waals surface area (Å²) in [5.74, 6) is -1.24. The highest BCUT2D eigenvalue weighted by Gasteiger charge is 2.22. The first-order valence-electron chi connectivity index (χ1n) is 7.49. The molecule has 6 heteroatoms. The third-order valence-corrected chi connectivity index (χ3v) is 3.41. The van der Waals surface area contributed by atoms with Gasteiger partial charge < -0.3 is 13.9 Å². The number of hydrogen-bond donors (Lipinski definition) is 0. The van der Waals surface area contributed by atoms with Gasteiger partial charge in [0, 0.05) is 19.4 Å². The maximum atomic E-state index is 13.0. The van der Waals surface area contributed by atoms with Gasteiger partial charge in [0.1, 0.15) is 16.9 Å². The Bertz CT molecular complexity index is 1030. The van der Waals surface area contributed by atoms with Gasteiger partial charge in [0.05, 0.1) is 5.39 Å². The van der Waals surface area contributed by atoms with Crippen LogP contribution in [0.1, 0.15) is 13.8 Å². The van der Waals surface area contributed by atoms with Gasteiger partial charge in [0.2, 0.25) is 5.43 Å². The molecule has 1 heterocycles. The van der Waals surface area contributed by atoms with Crippen LogP contribution < -0.4 is 14.9 Å². The molecular formula is C19H14O6. The molecule has 0 fully saturated rings. The zero-order chi connectivity index (χ0) is 18.0. The van der Waals surface area contributed by atoms with Crippen molar-refractivity contribution in [3.63, 3.8) is 0 Å². The van der Waals surface area contributed by atoms with E-state index in [-0.39, 0.29) is 22.8 Å². The second-order valence-corrected chi connectivity index (χ2v) is 5.27. The number of carbonyl (C=O) groups excluding carboxylic acids is 2. The summed E-state index contributed by atoms with van der Waals surface area (Å²) in [6, 6.07) is 13.1. The van der Waals surface area contributed by atoms with E-state index in [1.165, 1.54) is 13.8 Å². The molecule has 0 saturated carbocycles. The van der Waals surface area contributed by atoms with Crippen molar-refractivity contribution in [2.75, 3.05) is 0 Å². The van der Waals surface area contributed by atoms with E-state index in [2.05, 4.69) is 0 Å². The number of rotatable bonds is 3. The Balaban J connectivity index is 2.35. The van der Waals surface area contributed by atoms with E-state index in [4.69, 9.17) is 13.9 Å². The first-order valence-corrected chi connectivity index (χ1v) is 7.49. The third-order valence-electron chi connectivity index (χ3n) is 3.41. The Labute approximate surface area is 142 Å². The number of carbonyl (C=O) groups is 2. The molecule has 0 aliphatic rings. The van der Waals surface area contributed by atoms with Crippen molar-refractivity contribution in [1.29, 1.82) is 0 Å². The predicted molar refractivity (Wildman–Crippen MR) is 90.5 cm³/mol. The number of para-hydroxylation sites is 2. The quantitative estimate of drug-likeness (QED) is 0.538. The Morgan fingerprint density at radius 1 is 0.880 bits per heavy atom. The first-order chi connectivity index (χ1) is 12.0. The fourth-order valence-electron chi connectivity index (χ4n) is 2.47. The molecule has 1 aromatic heterocycles. The fourth-order valence-corrected chi connectivity index (χ4v) is 2.47. The maximum Gasteiger partial charge on any atom is 0.310 e. The van der Waals surface area contributed by atoms with Crippen LogP contribution in [0.5, 0.6) is 11.7 Å². The molecule has 0 bridgehead atoms. The zero-order valence-electron chi connectivity index (χ0n) is 13.6. The first kappa shape index (κ1) is 16.4. The van der Waals surface area contributed by atoms with Crippen LogP contribution in [0.2, 0.25) is 0 Å². The molecule has 0 unspecified atom stereocenters. The van der Waals surface area contributed by atoms with Gasteiger partial charge in [-0.25, -0.2) is 0 Å².